The molecule has 2 aromatic carbocycles. The van der Waals surface area contributed by atoms with Gasteiger partial charge in [-0.2, -0.15) is 0 Å². The van der Waals surface area contributed by atoms with Gasteiger partial charge in [0.25, 0.3) is 0 Å². The molecule has 0 unspecified atom stereocenters. The molecule has 1 fully saturated rings. The third kappa shape index (κ3) is 2.93. The Kier molecular flexibility index (Phi) is 4.02. The Morgan fingerprint density at radius 3 is 2.10 bits per heavy atom. The lowest BCUT2D eigenvalue weighted by molar-refractivity contribution is 0.00578. The summed E-state index contributed by atoms with van der Waals surface area (Å²) in [6.45, 7) is 8.25. The number of aromatic nitrogens is 2. The van der Waals surface area contributed by atoms with Gasteiger partial charge in [-0.1, -0.05) is 42.5 Å². The minimum absolute atomic E-state index is 0.380. The summed E-state index contributed by atoms with van der Waals surface area (Å²) in [6, 6.07) is 20.6. The molecule has 4 nitrogen and oxygen atoms in total. The number of para-hydroxylation sites is 1. The van der Waals surface area contributed by atoms with Crippen molar-refractivity contribution >= 4 is 34.3 Å². The Balaban J connectivity index is 1.66. The topological polar surface area (TPSA) is 44.2 Å². The molecule has 144 valence electrons. The van der Waals surface area contributed by atoms with Crippen molar-refractivity contribution in [1.29, 1.82) is 0 Å². The van der Waals surface area contributed by atoms with E-state index in [1.807, 2.05) is 36.4 Å². The highest BCUT2D eigenvalue weighted by atomic mass is 16.7. The first-order valence-electron chi connectivity index (χ1n) is 9.95. The molecule has 0 aliphatic carbocycles. The second-order valence-corrected chi connectivity index (χ2v) is 8.59. The minimum atomic E-state index is -0.423. The van der Waals surface area contributed by atoms with E-state index in [0.29, 0.717) is 0 Å². The molecule has 0 bridgehead atoms. The zero-order valence-corrected chi connectivity index (χ0v) is 17.1. The van der Waals surface area contributed by atoms with Crippen molar-refractivity contribution in [2.45, 2.75) is 38.9 Å². The summed E-state index contributed by atoms with van der Waals surface area (Å²) in [7, 11) is -0.423. The molecule has 5 rings (SSSR count). The summed E-state index contributed by atoms with van der Waals surface area (Å²) in [5, 5.41) is 3.41. The zero-order chi connectivity index (χ0) is 20.2. The Labute approximate surface area is 171 Å². The van der Waals surface area contributed by atoms with Gasteiger partial charge >= 0.3 is 7.12 Å². The third-order valence-electron chi connectivity index (χ3n) is 6.16. The van der Waals surface area contributed by atoms with Gasteiger partial charge in [-0.15, -0.1) is 0 Å². The smallest absolute Gasteiger partial charge is 0.399 e. The van der Waals surface area contributed by atoms with E-state index in [-0.39, 0.29) is 11.2 Å². The molecule has 1 saturated heterocycles. The maximum absolute atomic E-state index is 6.23. The average Bonchev–Trinajstić information content (AvgIpc) is 2.95. The van der Waals surface area contributed by atoms with Gasteiger partial charge in [0.2, 0.25) is 0 Å². The molecule has 1 aliphatic heterocycles. The minimum Gasteiger partial charge on any atom is -0.399 e. The summed E-state index contributed by atoms with van der Waals surface area (Å²) in [4.78, 5) is 9.59. The molecular formula is C24H23BN2O2. The van der Waals surface area contributed by atoms with Crippen LogP contribution in [0, 0.1) is 0 Å². The van der Waals surface area contributed by atoms with Crippen LogP contribution in [0.2, 0.25) is 0 Å². The number of rotatable bonds is 2. The van der Waals surface area contributed by atoms with E-state index in [0.717, 1.165) is 33.1 Å². The Morgan fingerprint density at radius 2 is 1.38 bits per heavy atom. The molecule has 2 aromatic heterocycles. The lowest BCUT2D eigenvalue weighted by Gasteiger charge is -2.32. The Bertz CT molecular complexity index is 1220. The van der Waals surface area contributed by atoms with E-state index in [2.05, 4.69) is 56.9 Å². The van der Waals surface area contributed by atoms with Crippen molar-refractivity contribution in [2.75, 3.05) is 0 Å². The molecule has 0 radical (unpaired) electrons. The number of benzene rings is 2. The van der Waals surface area contributed by atoms with Crippen LogP contribution in [-0.4, -0.2) is 28.3 Å². The highest BCUT2D eigenvalue weighted by molar-refractivity contribution is 6.62. The van der Waals surface area contributed by atoms with Gasteiger partial charge in [0.15, 0.2) is 0 Å². The number of nitrogens with zero attached hydrogens (tertiary/aromatic N) is 2. The van der Waals surface area contributed by atoms with Crippen molar-refractivity contribution in [3.63, 3.8) is 0 Å². The predicted octanol–water partition coefficient (Wildman–Crippen LogP) is 4.75. The van der Waals surface area contributed by atoms with Gasteiger partial charge < -0.3 is 9.31 Å². The van der Waals surface area contributed by atoms with Gasteiger partial charge in [-0.05, 0) is 56.7 Å². The first-order valence-corrected chi connectivity index (χ1v) is 9.95. The summed E-state index contributed by atoms with van der Waals surface area (Å²) in [6.07, 6.45) is 1.81. The molecule has 1 aliphatic rings. The van der Waals surface area contributed by atoms with Crippen molar-refractivity contribution in [3.8, 4) is 11.4 Å². The predicted molar refractivity (Wildman–Crippen MR) is 118 cm³/mol. The second kappa shape index (κ2) is 6.38. The van der Waals surface area contributed by atoms with Crippen LogP contribution >= 0.6 is 0 Å². The van der Waals surface area contributed by atoms with Crippen molar-refractivity contribution in [3.05, 3.63) is 66.9 Å². The van der Waals surface area contributed by atoms with Crippen LogP contribution in [0.3, 0.4) is 0 Å². The molecule has 0 amide bonds. The Morgan fingerprint density at radius 1 is 0.759 bits per heavy atom. The molecular weight excluding hydrogens is 359 g/mol. The maximum Gasteiger partial charge on any atom is 0.494 e. The summed E-state index contributed by atoms with van der Waals surface area (Å²) < 4.78 is 12.5. The van der Waals surface area contributed by atoms with Crippen molar-refractivity contribution < 1.29 is 9.31 Å². The van der Waals surface area contributed by atoms with Crippen molar-refractivity contribution in [2.24, 2.45) is 0 Å². The number of hydrogen-bond acceptors (Lipinski definition) is 4. The normalized spacial score (nSPS) is 17.9. The van der Waals surface area contributed by atoms with E-state index in [1.165, 1.54) is 5.39 Å². The Hall–Kier alpha value is -2.76. The fraction of sp³-hybridized carbons (Fsp3) is 0.250. The van der Waals surface area contributed by atoms with Crippen LogP contribution in [0.5, 0.6) is 0 Å². The molecule has 3 heterocycles. The van der Waals surface area contributed by atoms with Gasteiger partial charge in [-0.3, -0.25) is 4.98 Å². The monoisotopic (exact) mass is 382 g/mol. The summed E-state index contributed by atoms with van der Waals surface area (Å²) in [5.74, 6) is 0. The number of fused-ring (bicyclic) bond motifs is 3. The molecule has 0 spiro atoms. The van der Waals surface area contributed by atoms with Crippen LogP contribution in [0.1, 0.15) is 27.7 Å². The fourth-order valence-corrected chi connectivity index (χ4v) is 3.80. The molecule has 5 heteroatoms. The van der Waals surface area contributed by atoms with Crippen LogP contribution in [0.15, 0.2) is 66.9 Å². The van der Waals surface area contributed by atoms with Crippen LogP contribution in [0.4, 0.5) is 0 Å². The lowest BCUT2D eigenvalue weighted by Crippen LogP contribution is -2.41. The van der Waals surface area contributed by atoms with Crippen LogP contribution in [0.25, 0.3) is 33.1 Å². The third-order valence-corrected chi connectivity index (χ3v) is 6.16. The van der Waals surface area contributed by atoms with E-state index in [9.17, 15) is 0 Å². The maximum atomic E-state index is 6.23. The molecule has 4 aromatic rings. The second-order valence-electron chi connectivity index (χ2n) is 8.59. The molecule has 29 heavy (non-hydrogen) atoms. The molecule has 0 N–H and O–H groups in total. The van der Waals surface area contributed by atoms with Gasteiger partial charge in [0.05, 0.1) is 28.1 Å². The van der Waals surface area contributed by atoms with Gasteiger partial charge in [0, 0.05) is 17.0 Å². The summed E-state index contributed by atoms with van der Waals surface area (Å²) >= 11 is 0. The van der Waals surface area contributed by atoms with Gasteiger partial charge in [0.1, 0.15) is 0 Å². The van der Waals surface area contributed by atoms with Gasteiger partial charge in [-0.25, -0.2) is 4.98 Å². The first kappa shape index (κ1) is 18.3. The summed E-state index contributed by atoms with van der Waals surface area (Å²) in [5.41, 5.74) is 2.85. The van der Waals surface area contributed by atoms with E-state index >= 15 is 0 Å². The van der Waals surface area contributed by atoms with E-state index in [1.54, 1.807) is 6.20 Å². The largest absolute Gasteiger partial charge is 0.494 e. The van der Waals surface area contributed by atoms with Crippen LogP contribution in [-0.2, 0) is 9.31 Å². The highest BCUT2D eigenvalue weighted by Gasteiger charge is 2.51. The standard InChI is InChI=1S/C24H23BN2O2/c1-23(2)24(3,4)29-25(28-23)16-13-14-26-21(15-16)22-19-11-6-5-9-17(19)18-10-7-8-12-20(18)27-22/h5-15H,1-4H3. The number of pyridine rings is 2. The van der Waals surface area contributed by atoms with Crippen molar-refractivity contribution in [1.82, 2.24) is 9.97 Å². The molecule has 0 atom stereocenters. The SMILES string of the molecule is CC1(C)OB(c2ccnc(-c3nc4ccccc4c4ccccc34)c2)OC1(C)C. The first-order chi connectivity index (χ1) is 13.9. The number of hydrogen-bond donors (Lipinski definition) is 0. The molecule has 0 saturated carbocycles. The average molecular weight is 382 g/mol. The van der Waals surface area contributed by atoms with Crippen LogP contribution < -0.4 is 5.46 Å². The lowest BCUT2D eigenvalue weighted by atomic mass is 9.79. The fourth-order valence-electron chi connectivity index (χ4n) is 3.80. The van der Waals surface area contributed by atoms with E-state index in [4.69, 9.17) is 14.3 Å². The zero-order valence-electron chi connectivity index (χ0n) is 17.1. The van der Waals surface area contributed by atoms with E-state index < -0.39 is 7.12 Å². The quantitative estimate of drug-likeness (QED) is 0.371. The highest BCUT2D eigenvalue weighted by Crippen LogP contribution is 2.37.